The number of benzene rings is 1. The van der Waals surface area contributed by atoms with Gasteiger partial charge in [0, 0.05) is 10.6 Å². The predicted octanol–water partition coefficient (Wildman–Crippen LogP) is 4.55. The zero-order chi connectivity index (χ0) is 14.7. The molecular weight excluding hydrogens is 292 g/mol. The zero-order valence-corrected chi connectivity index (χ0v) is 11.7. The molecule has 0 aliphatic rings. The molecule has 3 aromatic rings. The van der Waals surface area contributed by atoms with Crippen molar-refractivity contribution in [1.82, 2.24) is 0 Å². The van der Waals surface area contributed by atoms with Crippen LogP contribution in [0.25, 0.3) is 11.3 Å². The molecule has 0 atom stereocenters. The van der Waals surface area contributed by atoms with E-state index in [1.165, 1.54) is 6.26 Å². The van der Waals surface area contributed by atoms with Gasteiger partial charge in [0.1, 0.15) is 18.1 Å². The van der Waals surface area contributed by atoms with E-state index in [2.05, 4.69) is 0 Å². The molecular formula is C16H11ClO4. The van der Waals surface area contributed by atoms with E-state index in [0.29, 0.717) is 16.5 Å². The number of halogens is 1. The van der Waals surface area contributed by atoms with Gasteiger partial charge in [-0.05, 0) is 48.5 Å². The summed E-state index contributed by atoms with van der Waals surface area (Å²) in [5.74, 6) is 0.888. The molecule has 0 unspecified atom stereocenters. The van der Waals surface area contributed by atoms with Crippen LogP contribution in [0.5, 0.6) is 0 Å². The summed E-state index contributed by atoms with van der Waals surface area (Å²) in [5.41, 5.74) is 0.906. The molecule has 21 heavy (non-hydrogen) atoms. The molecule has 5 heteroatoms. The van der Waals surface area contributed by atoms with Crippen LogP contribution < -0.4 is 0 Å². The fraction of sp³-hybridized carbons (Fsp3) is 0.0625. The van der Waals surface area contributed by atoms with E-state index < -0.39 is 5.97 Å². The lowest BCUT2D eigenvalue weighted by atomic mass is 10.2. The second-order valence-corrected chi connectivity index (χ2v) is 4.76. The number of hydrogen-bond acceptors (Lipinski definition) is 4. The third-order valence-corrected chi connectivity index (χ3v) is 3.11. The zero-order valence-electron chi connectivity index (χ0n) is 10.9. The van der Waals surface area contributed by atoms with Crippen LogP contribution in [0.3, 0.4) is 0 Å². The SMILES string of the molecule is O=C(OCc1ccc(-c2ccc(Cl)cc2)o1)c1ccco1. The minimum absolute atomic E-state index is 0.0487. The molecule has 0 N–H and O–H groups in total. The summed E-state index contributed by atoms with van der Waals surface area (Å²) in [6.45, 7) is 0.0487. The van der Waals surface area contributed by atoms with Gasteiger partial charge in [-0.1, -0.05) is 11.6 Å². The first-order valence-electron chi connectivity index (χ1n) is 6.27. The van der Waals surface area contributed by atoms with E-state index >= 15 is 0 Å². The highest BCUT2D eigenvalue weighted by Gasteiger charge is 2.12. The highest BCUT2D eigenvalue weighted by Crippen LogP contribution is 2.24. The van der Waals surface area contributed by atoms with Crippen molar-refractivity contribution in [2.24, 2.45) is 0 Å². The van der Waals surface area contributed by atoms with Crippen molar-refractivity contribution in [3.63, 3.8) is 0 Å². The Kier molecular flexibility index (Phi) is 3.79. The summed E-state index contributed by atoms with van der Waals surface area (Å²) < 4.78 is 15.7. The Balaban J connectivity index is 1.65. The van der Waals surface area contributed by atoms with Gasteiger partial charge in [0.15, 0.2) is 0 Å². The number of carbonyl (C=O) groups is 1. The van der Waals surface area contributed by atoms with E-state index in [4.69, 9.17) is 25.2 Å². The van der Waals surface area contributed by atoms with Gasteiger partial charge in [0.2, 0.25) is 5.76 Å². The van der Waals surface area contributed by atoms with Crippen LogP contribution in [0.1, 0.15) is 16.3 Å². The number of esters is 1. The Morgan fingerprint density at radius 1 is 1.10 bits per heavy atom. The van der Waals surface area contributed by atoms with Crippen molar-refractivity contribution in [3.8, 4) is 11.3 Å². The molecule has 4 nitrogen and oxygen atoms in total. The lowest BCUT2D eigenvalue weighted by molar-refractivity contribution is 0.0410. The van der Waals surface area contributed by atoms with Crippen molar-refractivity contribution in [2.75, 3.05) is 0 Å². The van der Waals surface area contributed by atoms with E-state index in [-0.39, 0.29) is 12.4 Å². The number of hydrogen-bond donors (Lipinski definition) is 0. The summed E-state index contributed by atoms with van der Waals surface area (Å²) in [4.78, 5) is 11.6. The van der Waals surface area contributed by atoms with Crippen molar-refractivity contribution < 1.29 is 18.4 Å². The Bertz CT molecular complexity index is 726. The predicted molar refractivity (Wildman–Crippen MR) is 77.0 cm³/mol. The molecule has 0 saturated heterocycles. The quantitative estimate of drug-likeness (QED) is 0.663. The van der Waals surface area contributed by atoms with Crippen molar-refractivity contribution in [2.45, 2.75) is 6.61 Å². The van der Waals surface area contributed by atoms with Crippen LogP contribution in [0.4, 0.5) is 0 Å². The Morgan fingerprint density at radius 2 is 1.90 bits per heavy atom. The van der Waals surface area contributed by atoms with Crippen molar-refractivity contribution in [3.05, 3.63) is 71.3 Å². The monoisotopic (exact) mass is 302 g/mol. The van der Waals surface area contributed by atoms with Gasteiger partial charge in [-0.3, -0.25) is 0 Å². The van der Waals surface area contributed by atoms with E-state index in [1.807, 2.05) is 18.2 Å². The van der Waals surface area contributed by atoms with Crippen LogP contribution in [0, 0.1) is 0 Å². The van der Waals surface area contributed by atoms with Crippen LogP contribution in [-0.4, -0.2) is 5.97 Å². The molecule has 1 aromatic carbocycles. The third kappa shape index (κ3) is 3.17. The van der Waals surface area contributed by atoms with Crippen molar-refractivity contribution in [1.29, 1.82) is 0 Å². The van der Waals surface area contributed by atoms with Crippen molar-refractivity contribution >= 4 is 17.6 Å². The maximum Gasteiger partial charge on any atom is 0.374 e. The van der Waals surface area contributed by atoms with Crippen LogP contribution in [0.15, 0.2) is 63.6 Å². The Morgan fingerprint density at radius 3 is 2.62 bits per heavy atom. The lowest BCUT2D eigenvalue weighted by Gasteiger charge is -2.00. The van der Waals surface area contributed by atoms with E-state index in [1.54, 1.807) is 30.3 Å². The van der Waals surface area contributed by atoms with Gasteiger partial charge in [0.05, 0.1) is 6.26 Å². The molecule has 0 radical (unpaired) electrons. The second-order valence-electron chi connectivity index (χ2n) is 4.33. The Hall–Kier alpha value is -2.46. The first-order valence-corrected chi connectivity index (χ1v) is 6.65. The molecule has 3 rings (SSSR count). The lowest BCUT2D eigenvalue weighted by Crippen LogP contribution is -2.03. The van der Waals surface area contributed by atoms with Gasteiger partial charge >= 0.3 is 5.97 Å². The molecule has 106 valence electrons. The smallest absolute Gasteiger partial charge is 0.374 e. The first-order chi connectivity index (χ1) is 10.2. The second kappa shape index (κ2) is 5.89. The van der Waals surface area contributed by atoms with Gasteiger partial charge in [-0.25, -0.2) is 4.79 Å². The molecule has 0 saturated carbocycles. The highest BCUT2D eigenvalue weighted by molar-refractivity contribution is 6.30. The van der Waals surface area contributed by atoms with Crippen LogP contribution in [0.2, 0.25) is 5.02 Å². The maximum atomic E-state index is 11.6. The number of carbonyl (C=O) groups excluding carboxylic acids is 1. The van der Waals surface area contributed by atoms with Gasteiger partial charge < -0.3 is 13.6 Å². The van der Waals surface area contributed by atoms with Gasteiger partial charge in [-0.15, -0.1) is 0 Å². The average Bonchev–Trinajstić information content (AvgIpc) is 3.17. The molecule has 0 aliphatic heterocycles. The molecule has 2 heterocycles. The third-order valence-electron chi connectivity index (χ3n) is 2.86. The summed E-state index contributed by atoms with van der Waals surface area (Å²) >= 11 is 5.84. The number of furan rings is 2. The topological polar surface area (TPSA) is 52.6 Å². The standard InChI is InChI=1S/C16H11ClO4/c17-12-5-3-11(4-6-12)14-8-7-13(21-14)10-20-16(18)15-2-1-9-19-15/h1-9H,10H2. The molecule has 0 spiro atoms. The van der Waals surface area contributed by atoms with Gasteiger partial charge in [-0.2, -0.15) is 0 Å². The van der Waals surface area contributed by atoms with Crippen LogP contribution >= 0.6 is 11.6 Å². The fourth-order valence-electron chi connectivity index (χ4n) is 1.83. The maximum absolute atomic E-state index is 11.6. The van der Waals surface area contributed by atoms with Gasteiger partial charge in [0.25, 0.3) is 0 Å². The molecule has 0 fully saturated rings. The summed E-state index contributed by atoms with van der Waals surface area (Å²) in [7, 11) is 0. The number of ether oxygens (including phenoxy) is 1. The number of rotatable bonds is 4. The van der Waals surface area contributed by atoms with E-state index in [9.17, 15) is 4.79 Å². The highest BCUT2D eigenvalue weighted by atomic mass is 35.5. The van der Waals surface area contributed by atoms with E-state index in [0.717, 1.165) is 5.56 Å². The fourth-order valence-corrected chi connectivity index (χ4v) is 1.95. The average molecular weight is 303 g/mol. The molecule has 2 aromatic heterocycles. The molecule has 0 amide bonds. The molecule has 0 aliphatic carbocycles. The minimum atomic E-state index is -0.524. The normalized spacial score (nSPS) is 10.5. The Labute approximate surface area is 125 Å². The summed E-state index contributed by atoms with van der Waals surface area (Å²) in [6, 6.07) is 14.1. The van der Waals surface area contributed by atoms with Crippen LogP contribution in [-0.2, 0) is 11.3 Å². The summed E-state index contributed by atoms with van der Waals surface area (Å²) in [6.07, 6.45) is 1.42. The first kappa shape index (κ1) is 13.5. The molecule has 0 bridgehead atoms. The largest absolute Gasteiger partial charge is 0.457 e. The summed E-state index contributed by atoms with van der Waals surface area (Å²) in [5, 5.41) is 0.665. The minimum Gasteiger partial charge on any atom is -0.457 e.